The summed E-state index contributed by atoms with van der Waals surface area (Å²) in [6.07, 6.45) is 7.02. The van der Waals surface area contributed by atoms with Gasteiger partial charge in [-0.15, -0.1) is 0 Å². The van der Waals surface area contributed by atoms with Gasteiger partial charge < -0.3 is 9.53 Å². The van der Waals surface area contributed by atoms with Crippen LogP contribution in [0.15, 0.2) is 30.3 Å². The van der Waals surface area contributed by atoms with Crippen LogP contribution in [-0.2, 0) is 20.7 Å². The van der Waals surface area contributed by atoms with E-state index >= 15 is 0 Å². The molecule has 0 amide bonds. The zero-order valence-corrected chi connectivity index (χ0v) is 13.0. The highest BCUT2D eigenvalue weighted by Gasteiger charge is 2.03. The molecule has 0 spiro atoms. The van der Waals surface area contributed by atoms with E-state index in [0.29, 0.717) is 19.4 Å². The molecule has 0 bridgehead atoms. The number of rotatable bonds is 11. The lowest BCUT2D eigenvalue weighted by atomic mass is 10.1. The van der Waals surface area contributed by atoms with Crippen LogP contribution in [0.5, 0.6) is 0 Å². The summed E-state index contributed by atoms with van der Waals surface area (Å²) >= 11 is 0. The Morgan fingerprint density at radius 2 is 1.57 bits per heavy atom. The summed E-state index contributed by atoms with van der Waals surface area (Å²) in [6, 6.07) is 9.97. The molecule has 0 N–H and O–H groups in total. The Morgan fingerprint density at radius 3 is 2.29 bits per heavy atom. The van der Waals surface area contributed by atoms with Crippen LogP contribution in [0, 0.1) is 0 Å². The van der Waals surface area contributed by atoms with Crippen LogP contribution in [0.3, 0.4) is 0 Å². The third kappa shape index (κ3) is 9.83. The van der Waals surface area contributed by atoms with Gasteiger partial charge in [0.2, 0.25) is 0 Å². The van der Waals surface area contributed by atoms with Gasteiger partial charge in [-0.05, 0) is 31.7 Å². The van der Waals surface area contributed by atoms with Gasteiger partial charge in [-0.3, -0.25) is 4.79 Å². The second-order valence-electron chi connectivity index (χ2n) is 5.43. The fourth-order valence-electron chi connectivity index (χ4n) is 2.16. The van der Waals surface area contributed by atoms with E-state index in [9.17, 15) is 9.59 Å². The molecule has 0 aromatic heterocycles. The quantitative estimate of drug-likeness (QED) is 0.455. The lowest BCUT2D eigenvalue weighted by molar-refractivity contribution is -0.143. The highest BCUT2D eigenvalue weighted by Crippen LogP contribution is 2.07. The maximum absolute atomic E-state index is 11.6. The first-order chi connectivity index (χ1) is 10.2. The second kappa shape index (κ2) is 11.1. The van der Waals surface area contributed by atoms with Gasteiger partial charge >= 0.3 is 5.97 Å². The summed E-state index contributed by atoms with van der Waals surface area (Å²) in [4.78, 5) is 22.3. The van der Waals surface area contributed by atoms with E-state index < -0.39 is 0 Å². The Morgan fingerprint density at radius 1 is 0.905 bits per heavy atom. The Kier molecular flexibility index (Phi) is 9.18. The molecule has 0 aliphatic carbocycles. The molecule has 3 nitrogen and oxygen atoms in total. The molecule has 116 valence electrons. The summed E-state index contributed by atoms with van der Waals surface area (Å²) in [5.74, 6) is 0.151. The topological polar surface area (TPSA) is 43.4 Å². The molecule has 21 heavy (non-hydrogen) atoms. The summed E-state index contributed by atoms with van der Waals surface area (Å²) in [7, 11) is 0. The predicted octanol–water partition coefficient (Wildman–Crippen LogP) is 4.09. The number of esters is 1. The zero-order valence-electron chi connectivity index (χ0n) is 13.0. The number of ether oxygens (including phenoxy) is 1. The van der Waals surface area contributed by atoms with Gasteiger partial charge in [-0.1, -0.05) is 49.6 Å². The third-order valence-corrected chi connectivity index (χ3v) is 3.40. The highest BCUT2D eigenvalue weighted by molar-refractivity contribution is 5.75. The third-order valence-electron chi connectivity index (χ3n) is 3.40. The van der Waals surface area contributed by atoms with Crippen molar-refractivity contribution in [2.45, 2.75) is 58.3 Å². The van der Waals surface area contributed by atoms with Gasteiger partial charge in [0.15, 0.2) is 0 Å². The lowest BCUT2D eigenvalue weighted by Gasteiger charge is -2.05. The molecule has 1 rings (SSSR count). The Bertz CT molecular complexity index is 412. The molecule has 0 aliphatic heterocycles. The fourth-order valence-corrected chi connectivity index (χ4v) is 2.16. The van der Waals surface area contributed by atoms with Crippen LogP contribution < -0.4 is 0 Å². The largest absolute Gasteiger partial charge is 0.466 e. The van der Waals surface area contributed by atoms with Crippen LogP contribution in [0.25, 0.3) is 0 Å². The van der Waals surface area contributed by atoms with Crippen LogP contribution in [-0.4, -0.2) is 18.4 Å². The molecular weight excluding hydrogens is 264 g/mol. The number of unbranched alkanes of at least 4 members (excludes halogenated alkanes) is 4. The van der Waals surface area contributed by atoms with Crippen LogP contribution >= 0.6 is 0 Å². The van der Waals surface area contributed by atoms with Gasteiger partial charge in [0.1, 0.15) is 5.78 Å². The molecule has 0 fully saturated rings. The molecule has 0 saturated heterocycles. The Hall–Kier alpha value is -1.64. The van der Waals surface area contributed by atoms with E-state index in [-0.39, 0.29) is 11.8 Å². The van der Waals surface area contributed by atoms with Gasteiger partial charge in [0.25, 0.3) is 0 Å². The molecule has 0 aliphatic rings. The average molecular weight is 290 g/mol. The summed E-state index contributed by atoms with van der Waals surface area (Å²) in [5.41, 5.74) is 1.17. The Balaban J connectivity index is 1.93. The van der Waals surface area contributed by atoms with Crippen molar-refractivity contribution in [2.75, 3.05) is 6.61 Å². The normalized spacial score (nSPS) is 10.3. The number of hydrogen-bond donors (Lipinski definition) is 0. The first-order valence-electron chi connectivity index (χ1n) is 7.87. The molecule has 0 unspecified atom stereocenters. The van der Waals surface area contributed by atoms with Crippen molar-refractivity contribution in [1.82, 2.24) is 0 Å². The first kappa shape index (κ1) is 17.4. The van der Waals surface area contributed by atoms with Crippen LogP contribution in [0.2, 0.25) is 0 Å². The first-order valence-corrected chi connectivity index (χ1v) is 7.87. The molecule has 3 heteroatoms. The van der Waals surface area contributed by atoms with Crippen LogP contribution in [0.1, 0.15) is 57.4 Å². The second-order valence-corrected chi connectivity index (χ2v) is 5.43. The molecule has 0 saturated carbocycles. The van der Waals surface area contributed by atoms with E-state index in [1.807, 2.05) is 30.3 Å². The van der Waals surface area contributed by atoms with Crippen LogP contribution in [0.4, 0.5) is 0 Å². The average Bonchev–Trinajstić information content (AvgIpc) is 2.48. The van der Waals surface area contributed by atoms with E-state index in [4.69, 9.17) is 4.74 Å². The number of hydrogen-bond acceptors (Lipinski definition) is 3. The van der Waals surface area contributed by atoms with Gasteiger partial charge in [0, 0.05) is 12.8 Å². The summed E-state index contributed by atoms with van der Waals surface area (Å²) in [5, 5.41) is 0. The minimum Gasteiger partial charge on any atom is -0.466 e. The maximum atomic E-state index is 11.6. The number of aryl methyl sites for hydroxylation is 1. The SMILES string of the molecule is CC(=O)CCCCCCCOC(=O)CCc1ccccc1. The van der Waals surface area contributed by atoms with Crippen molar-refractivity contribution in [3.05, 3.63) is 35.9 Å². The van der Waals surface area contributed by atoms with E-state index in [0.717, 1.165) is 38.5 Å². The summed E-state index contributed by atoms with van der Waals surface area (Å²) in [6.45, 7) is 2.15. The maximum Gasteiger partial charge on any atom is 0.306 e. The molecule has 1 aromatic carbocycles. The predicted molar refractivity (Wildman–Crippen MR) is 84.1 cm³/mol. The standard InChI is InChI=1S/C18H26O3/c1-16(19)10-6-3-2-4-9-15-21-18(20)14-13-17-11-7-5-8-12-17/h5,7-8,11-12H,2-4,6,9-10,13-15H2,1H3. The van der Waals surface area contributed by atoms with Crippen molar-refractivity contribution < 1.29 is 14.3 Å². The number of ketones is 1. The van der Waals surface area contributed by atoms with Crippen molar-refractivity contribution >= 4 is 11.8 Å². The highest BCUT2D eigenvalue weighted by atomic mass is 16.5. The monoisotopic (exact) mass is 290 g/mol. The smallest absolute Gasteiger partial charge is 0.306 e. The van der Waals surface area contributed by atoms with Gasteiger partial charge in [-0.2, -0.15) is 0 Å². The fraction of sp³-hybridized carbons (Fsp3) is 0.556. The van der Waals surface area contributed by atoms with Gasteiger partial charge in [-0.25, -0.2) is 0 Å². The van der Waals surface area contributed by atoms with Crippen molar-refractivity contribution in [2.24, 2.45) is 0 Å². The number of benzene rings is 1. The van der Waals surface area contributed by atoms with E-state index in [2.05, 4.69) is 0 Å². The van der Waals surface area contributed by atoms with Crippen molar-refractivity contribution in [3.8, 4) is 0 Å². The molecular formula is C18H26O3. The minimum absolute atomic E-state index is 0.115. The van der Waals surface area contributed by atoms with Gasteiger partial charge in [0.05, 0.1) is 6.61 Å². The molecule has 1 aromatic rings. The van der Waals surface area contributed by atoms with Crippen molar-refractivity contribution in [1.29, 1.82) is 0 Å². The number of Topliss-reactive ketones (excluding diaryl/α,β-unsaturated/α-hetero) is 1. The van der Waals surface area contributed by atoms with E-state index in [1.54, 1.807) is 6.92 Å². The molecule has 0 heterocycles. The zero-order chi connectivity index (χ0) is 15.3. The number of carbonyl (C=O) groups excluding carboxylic acids is 2. The molecule has 0 atom stereocenters. The van der Waals surface area contributed by atoms with E-state index in [1.165, 1.54) is 5.56 Å². The Labute approximate surface area is 127 Å². The van der Waals surface area contributed by atoms with Crippen molar-refractivity contribution in [3.63, 3.8) is 0 Å². The number of carbonyl (C=O) groups is 2. The lowest BCUT2D eigenvalue weighted by Crippen LogP contribution is -2.07. The minimum atomic E-state index is -0.115. The summed E-state index contributed by atoms with van der Waals surface area (Å²) < 4.78 is 5.22. The molecule has 0 radical (unpaired) electrons.